The third-order valence-corrected chi connectivity index (χ3v) is 2.37. The molecule has 0 aliphatic carbocycles. The highest BCUT2D eigenvalue weighted by molar-refractivity contribution is 5.73. The van der Waals surface area contributed by atoms with Crippen LogP contribution < -0.4 is 5.32 Å². The number of aromatic nitrogens is 3. The van der Waals surface area contributed by atoms with E-state index in [9.17, 15) is 4.79 Å². The lowest BCUT2D eigenvalue weighted by Gasteiger charge is -2.22. The van der Waals surface area contributed by atoms with Crippen molar-refractivity contribution in [1.29, 1.82) is 0 Å². The van der Waals surface area contributed by atoms with Gasteiger partial charge in [-0.2, -0.15) is 5.10 Å². The Bertz CT molecular complexity index is 358. The highest BCUT2D eigenvalue weighted by Gasteiger charge is 2.20. The van der Waals surface area contributed by atoms with E-state index in [0.717, 1.165) is 31.0 Å². The van der Waals surface area contributed by atoms with Crippen LogP contribution in [0, 0.1) is 6.92 Å². The molecule has 1 N–H and O–H groups in total. The van der Waals surface area contributed by atoms with Crippen LogP contribution in [-0.2, 0) is 17.8 Å². The molecular formula is C9H14N4O. The number of fused-ring (bicyclic) bond motifs is 1. The lowest BCUT2D eigenvalue weighted by molar-refractivity contribution is -0.119. The Morgan fingerprint density at radius 1 is 1.64 bits per heavy atom. The summed E-state index contributed by atoms with van der Waals surface area (Å²) in [6, 6.07) is 0.209. The Labute approximate surface area is 82.5 Å². The van der Waals surface area contributed by atoms with E-state index in [1.807, 2.05) is 11.6 Å². The predicted octanol–water partition coefficient (Wildman–Crippen LogP) is 0.0374. The lowest BCUT2D eigenvalue weighted by Crippen LogP contribution is -2.40. The molecule has 76 valence electrons. The van der Waals surface area contributed by atoms with Gasteiger partial charge in [0.2, 0.25) is 5.91 Å². The number of hydrogen-bond donors (Lipinski definition) is 1. The molecule has 0 bridgehead atoms. The maximum Gasteiger partial charge on any atom is 0.217 e. The molecule has 2 rings (SSSR count). The second kappa shape index (κ2) is 3.40. The second-order valence-electron chi connectivity index (χ2n) is 3.69. The fourth-order valence-electron chi connectivity index (χ4n) is 1.84. The van der Waals surface area contributed by atoms with Crippen molar-refractivity contribution in [2.24, 2.45) is 0 Å². The van der Waals surface area contributed by atoms with Crippen molar-refractivity contribution in [3.05, 3.63) is 11.6 Å². The van der Waals surface area contributed by atoms with Gasteiger partial charge in [-0.25, -0.2) is 9.67 Å². The average Bonchev–Trinajstić information content (AvgIpc) is 2.42. The third kappa shape index (κ3) is 1.76. The predicted molar refractivity (Wildman–Crippen MR) is 50.7 cm³/mol. The fraction of sp³-hybridized carbons (Fsp3) is 0.667. The minimum absolute atomic E-state index is 0.0234. The summed E-state index contributed by atoms with van der Waals surface area (Å²) in [6.45, 7) is 4.18. The summed E-state index contributed by atoms with van der Waals surface area (Å²) in [7, 11) is 0. The summed E-state index contributed by atoms with van der Waals surface area (Å²) < 4.78 is 1.89. The zero-order valence-electron chi connectivity index (χ0n) is 8.45. The van der Waals surface area contributed by atoms with Gasteiger partial charge in [-0.05, 0) is 13.3 Å². The van der Waals surface area contributed by atoms with Crippen LogP contribution in [0.5, 0.6) is 0 Å². The number of nitrogens with zero attached hydrogens (tertiary/aromatic N) is 3. The van der Waals surface area contributed by atoms with Crippen molar-refractivity contribution in [1.82, 2.24) is 20.1 Å². The monoisotopic (exact) mass is 194 g/mol. The van der Waals surface area contributed by atoms with E-state index < -0.39 is 0 Å². The maximum absolute atomic E-state index is 10.9. The molecule has 1 aliphatic rings. The minimum atomic E-state index is 0.0234. The second-order valence-corrected chi connectivity index (χ2v) is 3.69. The van der Waals surface area contributed by atoms with Gasteiger partial charge in [0.25, 0.3) is 0 Å². The van der Waals surface area contributed by atoms with Crippen molar-refractivity contribution >= 4 is 5.91 Å². The van der Waals surface area contributed by atoms with Crippen LogP contribution in [0.2, 0.25) is 0 Å². The summed E-state index contributed by atoms with van der Waals surface area (Å²) in [6.07, 6.45) is 1.85. The van der Waals surface area contributed by atoms with Crippen LogP contribution in [0.1, 0.15) is 25.0 Å². The Morgan fingerprint density at radius 2 is 2.43 bits per heavy atom. The highest BCUT2D eigenvalue weighted by Crippen LogP contribution is 2.12. The summed E-state index contributed by atoms with van der Waals surface area (Å²) >= 11 is 0. The first-order valence-corrected chi connectivity index (χ1v) is 4.82. The van der Waals surface area contributed by atoms with E-state index in [2.05, 4.69) is 15.4 Å². The van der Waals surface area contributed by atoms with E-state index in [0.29, 0.717) is 0 Å². The molecule has 0 fully saturated rings. The third-order valence-electron chi connectivity index (χ3n) is 2.37. The van der Waals surface area contributed by atoms with Gasteiger partial charge < -0.3 is 5.32 Å². The molecule has 0 aromatic carbocycles. The summed E-state index contributed by atoms with van der Waals surface area (Å²) in [5, 5.41) is 7.17. The van der Waals surface area contributed by atoms with Gasteiger partial charge >= 0.3 is 0 Å². The Balaban J connectivity index is 2.09. The topological polar surface area (TPSA) is 59.8 Å². The first kappa shape index (κ1) is 9.18. The molecule has 1 amide bonds. The quantitative estimate of drug-likeness (QED) is 0.686. The van der Waals surface area contributed by atoms with Gasteiger partial charge in [-0.1, -0.05) is 0 Å². The first-order valence-electron chi connectivity index (χ1n) is 4.82. The molecule has 5 heteroatoms. The molecule has 0 spiro atoms. The number of hydrogen-bond acceptors (Lipinski definition) is 3. The Kier molecular flexibility index (Phi) is 2.23. The van der Waals surface area contributed by atoms with E-state index >= 15 is 0 Å². The highest BCUT2D eigenvalue weighted by atomic mass is 16.1. The van der Waals surface area contributed by atoms with E-state index in [1.54, 1.807) is 6.92 Å². The van der Waals surface area contributed by atoms with Crippen molar-refractivity contribution < 1.29 is 4.79 Å². The van der Waals surface area contributed by atoms with E-state index in [1.165, 1.54) is 0 Å². The smallest absolute Gasteiger partial charge is 0.217 e. The largest absolute Gasteiger partial charge is 0.352 e. The van der Waals surface area contributed by atoms with Crippen molar-refractivity contribution in [2.75, 3.05) is 0 Å². The summed E-state index contributed by atoms with van der Waals surface area (Å²) in [5.74, 6) is 1.86. The molecule has 0 radical (unpaired) electrons. The number of carbonyl (C=O) groups is 1. The zero-order chi connectivity index (χ0) is 10.1. The zero-order valence-corrected chi connectivity index (χ0v) is 8.45. The summed E-state index contributed by atoms with van der Waals surface area (Å²) in [4.78, 5) is 15.2. The fourth-order valence-corrected chi connectivity index (χ4v) is 1.84. The first-order chi connectivity index (χ1) is 6.65. The molecule has 1 aromatic rings. The van der Waals surface area contributed by atoms with Gasteiger partial charge in [0.1, 0.15) is 11.6 Å². The number of rotatable bonds is 1. The summed E-state index contributed by atoms with van der Waals surface area (Å²) in [5.41, 5.74) is 0. The molecule has 5 nitrogen and oxygen atoms in total. The molecule has 1 aliphatic heterocycles. The van der Waals surface area contributed by atoms with Crippen LogP contribution in [0.4, 0.5) is 0 Å². The van der Waals surface area contributed by atoms with Gasteiger partial charge in [0.15, 0.2) is 0 Å². The van der Waals surface area contributed by atoms with Gasteiger partial charge in [0, 0.05) is 19.4 Å². The molecule has 0 saturated heterocycles. The van der Waals surface area contributed by atoms with E-state index in [-0.39, 0.29) is 11.9 Å². The van der Waals surface area contributed by atoms with Crippen LogP contribution in [-0.4, -0.2) is 26.7 Å². The Morgan fingerprint density at radius 3 is 3.14 bits per heavy atom. The number of aryl methyl sites for hydroxylation is 2. The lowest BCUT2D eigenvalue weighted by atomic mass is 10.1. The van der Waals surface area contributed by atoms with E-state index in [4.69, 9.17) is 0 Å². The average molecular weight is 194 g/mol. The number of nitrogens with one attached hydrogen (secondary N) is 1. The van der Waals surface area contributed by atoms with Crippen molar-refractivity contribution in [2.45, 2.75) is 39.3 Å². The van der Waals surface area contributed by atoms with Crippen LogP contribution in [0.3, 0.4) is 0 Å². The number of carbonyl (C=O) groups excluding carboxylic acids is 1. The molecule has 1 atom stereocenters. The van der Waals surface area contributed by atoms with Crippen LogP contribution >= 0.6 is 0 Å². The SMILES string of the molecule is CC(=O)NC1CCc2nc(C)nn2C1. The minimum Gasteiger partial charge on any atom is -0.352 e. The van der Waals surface area contributed by atoms with Crippen molar-refractivity contribution in [3.63, 3.8) is 0 Å². The molecule has 2 heterocycles. The molecular weight excluding hydrogens is 180 g/mol. The molecule has 0 saturated carbocycles. The number of amides is 1. The molecule has 14 heavy (non-hydrogen) atoms. The van der Waals surface area contributed by atoms with Crippen molar-refractivity contribution in [3.8, 4) is 0 Å². The van der Waals surface area contributed by atoms with Gasteiger partial charge in [0.05, 0.1) is 6.54 Å². The molecule has 1 unspecified atom stereocenters. The maximum atomic E-state index is 10.9. The van der Waals surface area contributed by atoms with Gasteiger partial charge in [-0.3, -0.25) is 4.79 Å². The Hall–Kier alpha value is -1.39. The van der Waals surface area contributed by atoms with Crippen LogP contribution in [0.15, 0.2) is 0 Å². The standard InChI is InChI=1S/C9H14N4O/c1-6-10-9-4-3-8(11-7(2)14)5-13(9)12-6/h8H,3-5H2,1-2H3,(H,11,14). The normalized spacial score (nSPS) is 20.3. The van der Waals surface area contributed by atoms with Gasteiger partial charge in [-0.15, -0.1) is 0 Å². The van der Waals surface area contributed by atoms with Crippen LogP contribution in [0.25, 0.3) is 0 Å². The molecule has 1 aromatic heterocycles.